The Balaban J connectivity index is 0.00000261. The molecule has 1 aliphatic rings. The summed E-state index contributed by atoms with van der Waals surface area (Å²) in [5.74, 6) is 0.960. The lowest BCUT2D eigenvalue weighted by Crippen LogP contribution is -2.37. The molecular weight excluding hydrogens is 457 g/mol. The molecule has 0 spiro atoms. The van der Waals surface area contributed by atoms with Gasteiger partial charge in [0.15, 0.2) is 5.96 Å². The third kappa shape index (κ3) is 5.59. The van der Waals surface area contributed by atoms with Gasteiger partial charge in [-0.15, -0.1) is 24.0 Å². The first kappa shape index (κ1) is 21.0. The fourth-order valence-corrected chi connectivity index (χ4v) is 2.85. The van der Waals surface area contributed by atoms with Crippen LogP contribution in [0.25, 0.3) is 0 Å². The number of nitrogens with one attached hydrogen (secondary N) is 1. The number of esters is 1. The van der Waals surface area contributed by atoms with Crippen molar-refractivity contribution in [2.75, 3.05) is 13.2 Å². The Labute approximate surface area is 176 Å². The van der Waals surface area contributed by atoms with Gasteiger partial charge >= 0.3 is 5.97 Å². The Morgan fingerprint density at radius 1 is 1.26 bits per heavy atom. The molecule has 144 valence electrons. The smallest absolute Gasteiger partial charge is 0.338 e. The quantitative estimate of drug-likeness (QED) is 0.296. The molecule has 0 radical (unpaired) electrons. The summed E-state index contributed by atoms with van der Waals surface area (Å²) in [6.45, 7) is 3.24. The highest BCUT2D eigenvalue weighted by Crippen LogP contribution is 2.31. The van der Waals surface area contributed by atoms with E-state index in [-0.39, 0.29) is 36.0 Å². The maximum Gasteiger partial charge on any atom is 0.338 e. The fraction of sp³-hybridized carbons (Fsp3) is 0.300. The molecule has 3 rings (SSSR count). The van der Waals surface area contributed by atoms with Gasteiger partial charge in [-0.05, 0) is 30.7 Å². The number of aliphatic imine (C=N–C) groups is 1. The minimum absolute atomic E-state index is 0. The number of ether oxygens (including phenoxy) is 2. The summed E-state index contributed by atoms with van der Waals surface area (Å²) in [6, 6.07) is 15.2. The SMILES string of the molecule is CCOC(=O)c1ccc(CN=C(N)NC2CCOc3ccccc32)cc1.I. The van der Waals surface area contributed by atoms with E-state index >= 15 is 0 Å². The van der Waals surface area contributed by atoms with Crippen LogP contribution in [0.3, 0.4) is 0 Å². The van der Waals surface area contributed by atoms with Crippen LogP contribution in [0.1, 0.15) is 40.9 Å². The second-order valence-electron chi connectivity index (χ2n) is 5.99. The van der Waals surface area contributed by atoms with E-state index in [9.17, 15) is 4.79 Å². The number of carbonyl (C=O) groups excluding carboxylic acids is 1. The first-order valence-corrected chi connectivity index (χ1v) is 8.71. The summed E-state index contributed by atoms with van der Waals surface area (Å²) in [5.41, 5.74) is 8.64. The molecule has 1 atom stereocenters. The highest BCUT2D eigenvalue weighted by atomic mass is 127. The lowest BCUT2D eigenvalue weighted by atomic mass is 10.0. The Morgan fingerprint density at radius 2 is 2.00 bits per heavy atom. The number of rotatable bonds is 5. The first-order chi connectivity index (χ1) is 12.7. The van der Waals surface area contributed by atoms with Crippen molar-refractivity contribution < 1.29 is 14.3 Å². The molecular formula is C20H24IN3O3. The van der Waals surface area contributed by atoms with Crippen molar-refractivity contribution in [3.05, 3.63) is 65.2 Å². The second-order valence-corrected chi connectivity index (χ2v) is 5.99. The number of nitrogens with zero attached hydrogens (tertiary/aromatic N) is 1. The van der Waals surface area contributed by atoms with E-state index in [1.807, 2.05) is 36.4 Å². The van der Waals surface area contributed by atoms with Crippen LogP contribution in [-0.2, 0) is 11.3 Å². The van der Waals surface area contributed by atoms with Crippen LogP contribution < -0.4 is 15.8 Å². The van der Waals surface area contributed by atoms with E-state index in [1.165, 1.54) is 0 Å². The molecule has 2 aromatic rings. The normalized spacial score (nSPS) is 15.7. The van der Waals surface area contributed by atoms with Crippen LogP contribution in [0, 0.1) is 0 Å². The largest absolute Gasteiger partial charge is 0.493 e. The number of nitrogens with two attached hydrogens (primary N) is 1. The van der Waals surface area contributed by atoms with E-state index in [2.05, 4.69) is 10.3 Å². The summed E-state index contributed by atoms with van der Waals surface area (Å²) in [6.07, 6.45) is 0.835. The van der Waals surface area contributed by atoms with Crippen molar-refractivity contribution in [1.29, 1.82) is 0 Å². The third-order valence-electron chi connectivity index (χ3n) is 4.18. The Hall–Kier alpha value is -2.29. The molecule has 2 aromatic carbocycles. The molecule has 0 amide bonds. The maximum atomic E-state index is 11.7. The van der Waals surface area contributed by atoms with Gasteiger partial charge in [0, 0.05) is 12.0 Å². The standard InChI is InChI=1S/C20H23N3O3.HI/c1-2-25-19(24)15-9-7-14(8-10-15)13-22-20(21)23-17-11-12-26-18-6-4-3-5-16(17)18;/h3-10,17H,2,11-13H2,1H3,(H3,21,22,23);1H. The average molecular weight is 481 g/mol. The van der Waals surface area contributed by atoms with Gasteiger partial charge in [-0.2, -0.15) is 0 Å². The molecule has 6 nitrogen and oxygen atoms in total. The zero-order valence-corrected chi connectivity index (χ0v) is 17.5. The van der Waals surface area contributed by atoms with Gasteiger partial charge in [0.2, 0.25) is 0 Å². The van der Waals surface area contributed by atoms with Crippen molar-refractivity contribution in [3.8, 4) is 5.75 Å². The number of hydrogen-bond acceptors (Lipinski definition) is 4. The van der Waals surface area contributed by atoms with E-state index < -0.39 is 0 Å². The summed E-state index contributed by atoms with van der Waals surface area (Å²) >= 11 is 0. The van der Waals surface area contributed by atoms with E-state index in [1.54, 1.807) is 19.1 Å². The van der Waals surface area contributed by atoms with E-state index in [0.717, 1.165) is 23.3 Å². The van der Waals surface area contributed by atoms with Crippen LogP contribution >= 0.6 is 24.0 Å². The summed E-state index contributed by atoms with van der Waals surface area (Å²) < 4.78 is 10.6. The predicted octanol–water partition coefficient (Wildman–Crippen LogP) is 3.41. The molecule has 0 fully saturated rings. The molecule has 3 N–H and O–H groups in total. The van der Waals surface area contributed by atoms with Crippen LogP contribution in [0.2, 0.25) is 0 Å². The highest BCUT2D eigenvalue weighted by molar-refractivity contribution is 14.0. The molecule has 1 heterocycles. The lowest BCUT2D eigenvalue weighted by molar-refractivity contribution is 0.0526. The lowest BCUT2D eigenvalue weighted by Gasteiger charge is -2.26. The van der Waals surface area contributed by atoms with Crippen molar-refractivity contribution >= 4 is 35.9 Å². The van der Waals surface area contributed by atoms with Crippen molar-refractivity contribution in [2.45, 2.75) is 25.9 Å². The topological polar surface area (TPSA) is 85.9 Å². The van der Waals surface area contributed by atoms with Gasteiger partial charge in [0.25, 0.3) is 0 Å². The van der Waals surface area contributed by atoms with Crippen molar-refractivity contribution in [1.82, 2.24) is 5.32 Å². The van der Waals surface area contributed by atoms with Crippen molar-refractivity contribution in [2.24, 2.45) is 10.7 Å². The summed E-state index contributed by atoms with van der Waals surface area (Å²) in [7, 11) is 0. The number of hydrogen-bond donors (Lipinski definition) is 2. The Kier molecular flexibility index (Phi) is 7.90. The van der Waals surface area contributed by atoms with Crippen LogP contribution in [0.5, 0.6) is 5.75 Å². The van der Waals surface area contributed by atoms with E-state index in [0.29, 0.717) is 31.3 Å². The minimum atomic E-state index is -0.318. The molecule has 1 unspecified atom stereocenters. The molecule has 1 aliphatic heterocycles. The van der Waals surface area contributed by atoms with Gasteiger partial charge in [-0.25, -0.2) is 9.79 Å². The monoisotopic (exact) mass is 481 g/mol. The average Bonchev–Trinajstić information content (AvgIpc) is 2.67. The van der Waals surface area contributed by atoms with Gasteiger partial charge in [-0.3, -0.25) is 0 Å². The van der Waals surface area contributed by atoms with E-state index in [4.69, 9.17) is 15.2 Å². The molecule has 27 heavy (non-hydrogen) atoms. The first-order valence-electron chi connectivity index (χ1n) is 8.71. The Bertz CT molecular complexity index is 793. The van der Waals surface area contributed by atoms with Crippen molar-refractivity contribution in [3.63, 3.8) is 0 Å². The maximum absolute atomic E-state index is 11.7. The third-order valence-corrected chi connectivity index (χ3v) is 4.18. The number of para-hydroxylation sites is 1. The predicted molar refractivity (Wildman–Crippen MR) is 116 cm³/mol. The van der Waals surface area contributed by atoms with Crippen LogP contribution in [0.4, 0.5) is 0 Å². The van der Waals surface area contributed by atoms with Gasteiger partial charge < -0.3 is 20.5 Å². The molecule has 0 bridgehead atoms. The van der Waals surface area contributed by atoms with Gasteiger partial charge in [-0.1, -0.05) is 30.3 Å². The zero-order chi connectivity index (χ0) is 18.4. The van der Waals surface area contributed by atoms with Gasteiger partial charge in [0.1, 0.15) is 5.75 Å². The Morgan fingerprint density at radius 3 is 2.74 bits per heavy atom. The molecule has 7 heteroatoms. The zero-order valence-electron chi connectivity index (χ0n) is 15.2. The molecule has 0 aromatic heterocycles. The number of benzene rings is 2. The molecule has 0 aliphatic carbocycles. The number of halogens is 1. The van der Waals surface area contributed by atoms with Crippen LogP contribution in [0.15, 0.2) is 53.5 Å². The fourth-order valence-electron chi connectivity index (χ4n) is 2.85. The summed E-state index contributed by atoms with van der Waals surface area (Å²) in [4.78, 5) is 16.1. The number of carbonyl (C=O) groups is 1. The number of guanidine groups is 1. The second kappa shape index (κ2) is 10.1. The minimum Gasteiger partial charge on any atom is -0.493 e. The molecule has 0 saturated carbocycles. The van der Waals surface area contributed by atoms with Crippen LogP contribution in [-0.4, -0.2) is 25.1 Å². The number of fused-ring (bicyclic) bond motifs is 1. The molecule has 0 saturated heterocycles. The summed E-state index contributed by atoms with van der Waals surface area (Å²) in [5, 5.41) is 3.27. The van der Waals surface area contributed by atoms with Gasteiger partial charge in [0.05, 0.1) is 31.4 Å². The highest BCUT2D eigenvalue weighted by Gasteiger charge is 2.21.